The van der Waals surface area contributed by atoms with Crippen LogP contribution in [0.5, 0.6) is 0 Å². The summed E-state index contributed by atoms with van der Waals surface area (Å²) in [5.74, 6) is -0.941. The maximum absolute atomic E-state index is 12.3. The fourth-order valence-corrected chi connectivity index (χ4v) is 2.74. The summed E-state index contributed by atoms with van der Waals surface area (Å²) in [7, 11) is 0. The number of hydrogen-bond donors (Lipinski definition) is 2. The monoisotopic (exact) mass is 262 g/mol. The number of fused-ring (bicyclic) bond motifs is 1. The molecule has 6 heteroatoms. The van der Waals surface area contributed by atoms with Crippen molar-refractivity contribution in [3.05, 3.63) is 23.3 Å². The summed E-state index contributed by atoms with van der Waals surface area (Å²) in [4.78, 5) is 36.6. The lowest BCUT2D eigenvalue weighted by Crippen LogP contribution is -2.52. The van der Waals surface area contributed by atoms with Gasteiger partial charge in [0.25, 0.3) is 5.91 Å². The number of aliphatic hydroxyl groups excluding tert-OH is 1. The van der Waals surface area contributed by atoms with E-state index in [4.69, 9.17) is 0 Å². The van der Waals surface area contributed by atoms with Crippen LogP contribution in [0.4, 0.5) is 0 Å². The number of hydrogen-bond acceptors (Lipinski definition) is 4. The molecule has 1 aliphatic carbocycles. The third-order valence-corrected chi connectivity index (χ3v) is 3.73. The van der Waals surface area contributed by atoms with Gasteiger partial charge in [0.15, 0.2) is 0 Å². The van der Waals surface area contributed by atoms with Crippen molar-refractivity contribution in [3.63, 3.8) is 0 Å². The predicted octanol–water partition coefficient (Wildman–Crippen LogP) is -0.749. The Morgan fingerprint density at radius 3 is 2.84 bits per heavy atom. The zero-order chi connectivity index (χ0) is 13.6. The molecule has 0 radical (unpaired) electrons. The molecular formula is C13H14N2O4. The van der Waals surface area contributed by atoms with Gasteiger partial charge in [0.2, 0.25) is 11.8 Å². The smallest absolute Gasteiger partial charge is 0.254 e. The summed E-state index contributed by atoms with van der Waals surface area (Å²) in [6.07, 6.45) is 3.85. The highest BCUT2D eigenvalue weighted by atomic mass is 16.3. The summed E-state index contributed by atoms with van der Waals surface area (Å²) in [6, 6.07) is -0.588. The van der Waals surface area contributed by atoms with E-state index in [1.54, 1.807) is 6.08 Å². The van der Waals surface area contributed by atoms with Crippen LogP contribution in [-0.2, 0) is 14.4 Å². The molecule has 3 aliphatic rings. The van der Waals surface area contributed by atoms with Gasteiger partial charge in [-0.05, 0) is 24.5 Å². The minimum absolute atomic E-state index is 0.237. The Morgan fingerprint density at radius 2 is 2.11 bits per heavy atom. The lowest BCUT2D eigenvalue weighted by Gasteiger charge is -2.28. The van der Waals surface area contributed by atoms with Crippen LogP contribution in [0, 0.1) is 0 Å². The molecule has 19 heavy (non-hydrogen) atoms. The van der Waals surface area contributed by atoms with E-state index < -0.39 is 18.1 Å². The Labute approximate surface area is 109 Å². The molecule has 0 bridgehead atoms. The van der Waals surface area contributed by atoms with Crippen LogP contribution >= 0.6 is 0 Å². The van der Waals surface area contributed by atoms with Crippen molar-refractivity contribution < 1.29 is 19.5 Å². The Hall–Kier alpha value is -1.95. The van der Waals surface area contributed by atoms with Gasteiger partial charge in [-0.25, -0.2) is 0 Å². The molecule has 2 unspecified atom stereocenters. The quantitative estimate of drug-likeness (QED) is 0.609. The Balaban J connectivity index is 1.84. The van der Waals surface area contributed by atoms with Crippen LogP contribution < -0.4 is 5.32 Å². The number of carbonyl (C=O) groups is 3. The molecule has 2 saturated heterocycles. The summed E-state index contributed by atoms with van der Waals surface area (Å²) in [5, 5.41) is 11.8. The van der Waals surface area contributed by atoms with Crippen molar-refractivity contribution in [2.45, 2.75) is 31.4 Å². The standard InChI is InChI=1S/C13H14N2O4/c16-8-2-1-7-6-15(13(19)9(7)5-8)10-3-4-11(17)14-12(10)18/h1,5,8,10,16H,2-4,6H2,(H,14,17,18). The van der Waals surface area contributed by atoms with Crippen molar-refractivity contribution in [3.8, 4) is 0 Å². The molecule has 100 valence electrons. The lowest BCUT2D eigenvalue weighted by molar-refractivity contribution is -0.142. The molecule has 0 aromatic rings. The van der Waals surface area contributed by atoms with E-state index in [0.29, 0.717) is 25.0 Å². The van der Waals surface area contributed by atoms with Crippen molar-refractivity contribution in [1.29, 1.82) is 0 Å². The fourth-order valence-electron chi connectivity index (χ4n) is 2.74. The first kappa shape index (κ1) is 12.1. The summed E-state index contributed by atoms with van der Waals surface area (Å²) in [5.41, 5.74) is 1.35. The van der Waals surface area contributed by atoms with E-state index >= 15 is 0 Å². The average molecular weight is 262 g/mol. The number of aliphatic hydroxyl groups is 1. The Kier molecular flexibility index (Phi) is 2.74. The number of amides is 3. The van der Waals surface area contributed by atoms with Gasteiger partial charge in [-0.3, -0.25) is 19.7 Å². The van der Waals surface area contributed by atoms with E-state index in [1.807, 2.05) is 6.08 Å². The zero-order valence-electron chi connectivity index (χ0n) is 10.3. The second-order valence-corrected chi connectivity index (χ2v) is 5.01. The van der Waals surface area contributed by atoms with Crippen LogP contribution in [-0.4, -0.2) is 46.4 Å². The second kappa shape index (κ2) is 4.31. The molecule has 2 atom stereocenters. The zero-order valence-corrected chi connectivity index (χ0v) is 10.3. The van der Waals surface area contributed by atoms with E-state index in [-0.39, 0.29) is 18.2 Å². The highest BCUT2D eigenvalue weighted by Crippen LogP contribution is 2.31. The predicted molar refractivity (Wildman–Crippen MR) is 64.7 cm³/mol. The number of likely N-dealkylation sites (tertiary alicyclic amines) is 1. The van der Waals surface area contributed by atoms with Crippen molar-refractivity contribution >= 4 is 17.7 Å². The van der Waals surface area contributed by atoms with E-state index in [0.717, 1.165) is 5.57 Å². The third-order valence-electron chi connectivity index (χ3n) is 3.73. The van der Waals surface area contributed by atoms with Crippen LogP contribution in [0.2, 0.25) is 0 Å². The highest BCUT2D eigenvalue weighted by molar-refractivity contribution is 6.07. The molecular weight excluding hydrogens is 248 g/mol. The fraction of sp³-hybridized carbons (Fsp3) is 0.462. The minimum Gasteiger partial charge on any atom is -0.389 e. The van der Waals surface area contributed by atoms with Gasteiger partial charge < -0.3 is 10.0 Å². The van der Waals surface area contributed by atoms with Gasteiger partial charge in [-0.2, -0.15) is 0 Å². The minimum atomic E-state index is -0.635. The van der Waals surface area contributed by atoms with E-state index in [2.05, 4.69) is 5.32 Å². The molecule has 0 aromatic heterocycles. The summed E-state index contributed by atoms with van der Waals surface area (Å²) >= 11 is 0. The van der Waals surface area contributed by atoms with Crippen molar-refractivity contribution in [2.75, 3.05) is 6.54 Å². The number of nitrogens with zero attached hydrogens (tertiary/aromatic N) is 1. The maximum atomic E-state index is 12.3. The van der Waals surface area contributed by atoms with Crippen LogP contribution in [0.15, 0.2) is 23.3 Å². The number of rotatable bonds is 1. The van der Waals surface area contributed by atoms with Crippen LogP contribution in [0.25, 0.3) is 0 Å². The van der Waals surface area contributed by atoms with E-state index in [9.17, 15) is 19.5 Å². The van der Waals surface area contributed by atoms with E-state index in [1.165, 1.54) is 4.90 Å². The molecule has 2 heterocycles. The van der Waals surface area contributed by atoms with Gasteiger partial charge in [0, 0.05) is 18.5 Å². The number of imide groups is 1. The number of piperidine rings is 1. The molecule has 0 saturated carbocycles. The summed E-state index contributed by atoms with van der Waals surface area (Å²) in [6.45, 7) is 0.379. The highest BCUT2D eigenvalue weighted by Gasteiger charge is 2.41. The third kappa shape index (κ3) is 1.98. The first-order valence-electron chi connectivity index (χ1n) is 6.30. The summed E-state index contributed by atoms with van der Waals surface area (Å²) < 4.78 is 0. The normalized spacial score (nSPS) is 30.8. The Morgan fingerprint density at radius 1 is 1.32 bits per heavy atom. The molecule has 3 rings (SSSR count). The van der Waals surface area contributed by atoms with Crippen LogP contribution in [0.3, 0.4) is 0 Å². The molecule has 0 spiro atoms. The van der Waals surface area contributed by atoms with Crippen molar-refractivity contribution in [1.82, 2.24) is 10.2 Å². The second-order valence-electron chi connectivity index (χ2n) is 5.01. The lowest BCUT2D eigenvalue weighted by atomic mass is 9.99. The largest absolute Gasteiger partial charge is 0.389 e. The average Bonchev–Trinajstić information content (AvgIpc) is 2.67. The van der Waals surface area contributed by atoms with Crippen LogP contribution in [0.1, 0.15) is 19.3 Å². The topological polar surface area (TPSA) is 86.7 Å². The Bertz CT molecular complexity index is 535. The molecule has 2 fully saturated rings. The molecule has 3 amide bonds. The van der Waals surface area contributed by atoms with Gasteiger partial charge in [0.1, 0.15) is 6.04 Å². The van der Waals surface area contributed by atoms with Crippen molar-refractivity contribution in [2.24, 2.45) is 0 Å². The SMILES string of the molecule is O=C1CCC(N2CC3=CCC(O)C=C3C2=O)C(=O)N1. The van der Waals surface area contributed by atoms with Gasteiger partial charge in [-0.1, -0.05) is 6.08 Å². The first-order chi connectivity index (χ1) is 9.06. The molecule has 0 aromatic carbocycles. The maximum Gasteiger partial charge on any atom is 0.254 e. The molecule has 2 aliphatic heterocycles. The van der Waals surface area contributed by atoms with Gasteiger partial charge in [-0.15, -0.1) is 0 Å². The number of nitrogens with one attached hydrogen (secondary N) is 1. The van der Waals surface area contributed by atoms with Gasteiger partial charge in [0.05, 0.1) is 6.10 Å². The molecule has 2 N–H and O–H groups in total. The van der Waals surface area contributed by atoms with Gasteiger partial charge >= 0.3 is 0 Å². The number of carbonyl (C=O) groups excluding carboxylic acids is 3. The molecule has 6 nitrogen and oxygen atoms in total. The first-order valence-corrected chi connectivity index (χ1v) is 6.30.